The molecule has 4 aromatic rings. The summed E-state index contributed by atoms with van der Waals surface area (Å²) in [5.41, 5.74) is 3.89. The highest BCUT2D eigenvalue weighted by Gasteiger charge is 2.18. The Balaban J connectivity index is 1.80. The molecule has 9 heteroatoms. The SMILES string of the molecule is C=CC(=O)Nc1ccc2c(c1)c(C)c(C)n2-c1nc(Nc2cnn(C)c2)ncc1F. The van der Waals surface area contributed by atoms with Crippen molar-refractivity contribution in [1.29, 1.82) is 0 Å². The number of hydrogen-bond donors (Lipinski definition) is 2. The molecule has 3 heterocycles. The normalized spacial score (nSPS) is 10.9. The average molecular weight is 405 g/mol. The lowest BCUT2D eigenvalue weighted by molar-refractivity contribution is -0.111. The summed E-state index contributed by atoms with van der Waals surface area (Å²) in [7, 11) is 1.80. The van der Waals surface area contributed by atoms with Crippen molar-refractivity contribution in [2.45, 2.75) is 13.8 Å². The zero-order chi connectivity index (χ0) is 21.4. The van der Waals surface area contributed by atoms with E-state index in [1.165, 1.54) is 6.08 Å². The zero-order valence-corrected chi connectivity index (χ0v) is 16.8. The van der Waals surface area contributed by atoms with Crippen LogP contribution in [0, 0.1) is 19.7 Å². The quantitative estimate of drug-likeness (QED) is 0.493. The number of anilines is 3. The van der Waals surface area contributed by atoms with Crippen LogP contribution in [-0.4, -0.2) is 30.2 Å². The lowest BCUT2D eigenvalue weighted by atomic mass is 10.1. The molecule has 8 nitrogen and oxygen atoms in total. The van der Waals surface area contributed by atoms with Gasteiger partial charge in [-0.05, 0) is 43.7 Å². The Morgan fingerprint density at radius 1 is 1.23 bits per heavy atom. The smallest absolute Gasteiger partial charge is 0.247 e. The van der Waals surface area contributed by atoms with E-state index in [9.17, 15) is 9.18 Å². The van der Waals surface area contributed by atoms with E-state index < -0.39 is 5.82 Å². The Morgan fingerprint density at radius 2 is 2.03 bits per heavy atom. The molecule has 0 spiro atoms. The predicted molar refractivity (Wildman–Crippen MR) is 114 cm³/mol. The highest BCUT2D eigenvalue weighted by molar-refractivity contribution is 6.01. The molecule has 1 aromatic carbocycles. The van der Waals surface area contributed by atoms with Crippen molar-refractivity contribution in [2.75, 3.05) is 10.6 Å². The molecule has 1 amide bonds. The molecule has 0 aliphatic carbocycles. The third-order valence-corrected chi connectivity index (χ3v) is 4.87. The highest BCUT2D eigenvalue weighted by Crippen LogP contribution is 2.31. The first kappa shape index (κ1) is 19.3. The van der Waals surface area contributed by atoms with Gasteiger partial charge >= 0.3 is 0 Å². The first-order valence-corrected chi connectivity index (χ1v) is 9.21. The van der Waals surface area contributed by atoms with Crippen LogP contribution in [0.2, 0.25) is 0 Å². The lowest BCUT2D eigenvalue weighted by Gasteiger charge is -2.11. The van der Waals surface area contributed by atoms with Gasteiger partial charge in [-0.2, -0.15) is 10.1 Å². The van der Waals surface area contributed by atoms with E-state index >= 15 is 0 Å². The molecule has 30 heavy (non-hydrogen) atoms. The minimum Gasteiger partial charge on any atom is -0.323 e. The van der Waals surface area contributed by atoms with Crippen LogP contribution in [-0.2, 0) is 11.8 Å². The fourth-order valence-corrected chi connectivity index (χ4v) is 3.31. The molecule has 0 saturated heterocycles. The summed E-state index contributed by atoms with van der Waals surface area (Å²) in [6, 6.07) is 5.43. The number of carbonyl (C=O) groups is 1. The van der Waals surface area contributed by atoms with Crippen molar-refractivity contribution in [1.82, 2.24) is 24.3 Å². The molecule has 3 aromatic heterocycles. The number of aryl methyl sites for hydroxylation is 2. The van der Waals surface area contributed by atoms with Crippen molar-refractivity contribution in [3.8, 4) is 5.82 Å². The molecule has 0 radical (unpaired) electrons. The van der Waals surface area contributed by atoms with Gasteiger partial charge in [0.1, 0.15) is 0 Å². The van der Waals surface area contributed by atoms with Gasteiger partial charge in [-0.1, -0.05) is 6.58 Å². The van der Waals surface area contributed by atoms with Crippen molar-refractivity contribution >= 4 is 34.1 Å². The van der Waals surface area contributed by atoms with Gasteiger partial charge in [-0.15, -0.1) is 0 Å². The van der Waals surface area contributed by atoms with E-state index in [1.54, 1.807) is 34.8 Å². The number of halogens is 1. The molecule has 0 aliphatic rings. The van der Waals surface area contributed by atoms with Crippen LogP contribution >= 0.6 is 0 Å². The third-order valence-electron chi connectivity index (χ3n) is 4.87. The first-order chi connectivity index (χ1) is 14.4. The molecule has 0 unspecified atom stereocenters. The van der Waals surface area contributed by atoms with Crippen LogP contribution in [0.15, 0.2) is 49.4 Å². The van der Waals surface area contributed by atoms with Gasteiger partial charge in [0.25, 0.3) is 0 Å². The van der Waals surface area contributed by atoms with Crippen LogP contribution in [0.1, 0.15) is 11.3 Å². The number of hydrogen-bond acceptors (Lipinski definition) is 5. The van der Waals surface area contributed by atoms with Crippen molar-refractivity contribution in [2.24, 2.45) is 7.05 Å². The minimum absolute atomic E-state index is 0.134. The number of fused-ring (bicyclic) bond motifs is 1. The van der Waals surface area contributed by atoms with Gasteiger partial charge in [0, 0.05) is 30.0 Å². The van der Waals surface area contributed by atoms with Crippen LogP contribution in [0.25, 0.3) is 16.7 Å². The topological polar surface area (TPSA) is 89.7 Å². The fourth-order valence-electron chi connectivity index (χ4n) is 3.31. The number of nitrogens with zero attached hydrogens (tertiary/aromatic N) is 5. The number of amides is 1. The molecule has 0 aliphatic heterocycles. The maximum atomic E-state index is 14.8. The number of aromatic nitrogens is 5. The van der Waals surface area contributed by atoms with E-state index in [4.69, 9.17) is 0 Å². The van der Waals surface area contributed by atoms with E-state index in [-0.39, 0.29) is 17.7 Å². The van der Waals surface area contributed by atoms with Crippen molar-refractivity contribution in [3.05, 3.63) is 66.5 Å². The summed E-state index contributed by atoms with van der Waals surface area (Å²) in [4.78, 5) is 20.1. The summed E-state index contributed by atoms with van der Waals surface area (Å²) < 4.78 is 18.1. The minimum atomic E-state index is -0.546. The fraction of sp³-hybridized carbons (Fsp3) is 0.143. The highest BCUT2D eigenvalue weighted by atomic mass is 19.1. The van der Waals surface area contributed by atoms with Gasteiger partial charge in [0.15, 0.2) is 11.6 Å². The molecule has 4 rings (SSSR count). The maximum Gasteiger partial charge on any atom is 0.247 e. The molecule has 0 saturated carbocycles. The Labute approximate surface area is 172 Å². The second-order valence-corrected chi connectivity index (χ2v) is 6.86. The summed E-state index contributed by atoms with van der Waals surface area (Å²) in [5, 5.41) is 10.7. The zero-order valence-electron chi connectivity index (χ0n) is 16.8. The lowest BCUT2D eigenvalue weighted by Crippen LogP contribution is -2.08. The van der Waals surface area contributed by atoms with Gasteiger partial charge in [-0.3, -0.25) is 14.0 Å². The Morgan fingerprint density at radius 3 is 2.73 bits per heavy atom. The maximum absolute atomic E-state index is 14.8. The average Bonchev–Trinajstić information content (AvgIpc) is 3.24. The second-order valence-electron chi connectivity index (χ2n) is 6.86. The summed E-state index contributed by atoms with van der Waals surface area (Å²) in [5.74, 6) is -0.449. The number of rotatable bonds is 5. The van der Waals surface area contributed by atoms with E-state index in [0.717, 1.165) is 28.4 Å². The summed E-state index contributed by atoms with van der Waals surface area (Å²) in [6.45, 7) is 7.30. The molecule has 2 N–H and O–H groups in total. The number of benzene rings is 1. The van der Waals surface area contributed by atoms with Crippen molar-refractivity contribution in [3.63, 3.8) is 0 Å². The molecule has 0 fully saturated rings. The number of nitrogens with one attached hydrogen (secondary N) is 2. The standard InChI is InChI=1S/C21H20FN7O/c1-5-19(30)25-14-6-7-18-16(8-14)12(2)13(3)29(18)20-17(22)10-23-21(27-20)26-15-9-24-28(4)11-15/h5-11H,1H2,2-4H3,(H,25,30)(H,23,26,27). The Bertz CT molecular complexity index is 1290. The van der Waals surface area contributed by atoms with Crippen LogP contribution in [0.3, 0.4) is 0 Å². The molecular formula is C21H20FN7O. The van der Waals surface area contributed by atoms with Gasteiger partial charge in [0.05, 0.1) is 23.6 Å². The second kappa shape index (κ2) is 7.43. The van der Waals surface area contributed by atoms with Crippen molar-refractivity contribution < 1.29 is 9.18 Å². The van der Waals surface area contributed by atoms with Gasteiger partial charge < -0.3 is 10.6 Å². The first-order valence-electron chi connectivity index (χ1n) is 9.21. The van der Waals surface area contributed by atoms with Crippen LogP contribution in [0.5, 0.6) is 0 Å². The number of carbonyl (C=O) groups excluding carboxylic acids is 1. The largest absolute Gasteiger partial charge is 0.323 e. The van der Waals surface area contributed by atoms with Gasteiger partial charge in [-0.25, -0.2) is 9.37 Å². The molecule has 0 bridgehead atoms. The van der Waals surface area contributed by atoms with Gasteiger partial charge in [0.2, 0.25) is 11.9 Å². The van der Waals surface area contributed by atoms with E-state index in [0.29, 0.717) is 11.4 Å². The van der Waals surface area contributed by atoms with Crippen LogP contribution < -0.4 is 10.6 Å². The predicted octanol–water partition coefficient (Wildman–Crippen LogP) is 3.78. The molecule has 0 atom stereocenters. The van der Waals surface area contributed by atoms with E-state index in [1.807, 2.05) is 26.0 Å². The summed E-state index contributed by atoms with van der Waals surface area (Å²) >= 11 is 0. The van der Waals surface area contributed by atoms with Crippen LogP contribution in [0.4, 0.5) is 21.7 Å². The summed E-state index contributed by atoms with van der Waals surface area (Å²) in [6.07, 6.45) is 5.75. The third kappa shape index (κ3) is 3.41. The Kier molecular flexibility index (Phi) is 4.78. The monoisotopic (exact) mass is 405 g/mol. The van der Waals surface area contributed by atoms with E-state index in [2.05, 4.69) is 32.3 Å². The Hall–Kier alpha value is -4.01. The molecule has 152 valence electrons. The molecular weight excluding hydrogens is 385 g/mol.